The number of benzene rings is 1. The number of rotatable bonds is 5. The Kier molecular flexibility index (Phi) is 5.02. The molecule has 1 aromatic carbocycles. The van der Waals surface area contributed by atoms with Crippen LogP contribution >= 0.6 is 0 Å². The van der Waals surface area contributed by atoms with Crippen LogP contribution in [0, 0.1) is 5.92 Å². The number of hydrogen-bond donors (Lipinski definition) is 1. The largest absolute Gasteiger partial charge is 0.493 e. The molecule has 0 bridgehead atoms. The summed E-state index contributed by atoms with van der Waals surface area (Å²) in [5.41, 5.74) is 3.49. The number of amidine groups is 1. The highest BCUT2D eigenvalue weighted by Crippen LogP contribution is 2.26. The molecule has 0 spiro atoms. The Morgan fingerprint density at radius 1 is 1.19 bits per heavy atom. The summed E-state index contributed by atoms with van der Waals surface area (Å²) in [7, 11) is 3.07. The van der Waals surface area contributed by atoms with Gasteiger partial charge in [-0.2, -0.15) is 10.1 Å². The van der Waals surface area contributed by atoms with Gasteiger partial charge in [0.05, 0.1) is 26.1 Å². The zero-order chi connectivity index (χ0) is 18.5. The summed E-state index contributed by atoms with van der Waals surface area (Å²) in [6.45, 7) is 0. The van der Waals surface area contributed by atoms with E-state index < -0.39 is 17.7 Å². The Morgan fingerprint density at radius 3 is 2.77 bits per heavy atom. The lowest BCUT2D eigenvalue weighted by Gasteiger charge is -2.16. The lowest BCUT2D eigenvalue weighted by molar-refractivity contribution is -0.119. The number of fused-ring (bicyclic) bond motifs is 1. The molecule has 1 aliphatic carbocycles. The van der Waals surface area contributed by atoms with E-state index in [1.807, 2.05) is 0 Å². The number of amides is 2. The van der Waals surface area contributed by atoms with Gasteiger partial charge in [0, 0.05) is 0 Å². The van der Waals surface area contributed by atoms with Crippen molar-refractivity contribution in [1.29, 1.82) is 0 Å². The summed E-state index contributed by atoms with van der Waals surface area (Å²) in [4.78, 5) is 31.9. The minimum atomic E-state index is -0.663. The fourth-order valence-electron chi connectivity index (χ4n) is 2.42. The molecule has 3 rings (SSSR count). The van der Waals surface area contributed by atoms with Gasteiger partial charge in [-0.25, -0.2) is 10.4 Å². The number of allylic oxidation sites excluding steroid dienone is 3. The molecule has 1 unspecified atom stereocenters. The molecule has 26 heavy (non-hydrogen) atoms. The highest BCUT2D eigenvalue weighted by molar-refractivity contribution is 6.44. The van der Waals surface area contributed by atoms with E-state index in [1.54, 1.807) is 49.6 Å². The van der Waals surface area contributed by atoms with Gasteiger partial charge >= 0.3 is 5.91 Å². The van der Waals surface area contributed by atoms with Crippen molar-refractivity contribution in [2.75, 3.05) is 14.2 Å². The molecule has 2 amide bonds. The number of ether oxygens (including phenoxy) is 2. The van der Waals surface area contributed by atoms with Gasteiger partial charge in [0.1, 0.15) is 5.92 Å². The summed E-state index contributed by atoms with van der Waals surface area (Å²) in [6, 6.07) is 5.18. The zero-order valence-electron chi connectivity index (χ0n) is 14.2. The van der Waals surface area contributed by atoms with Crippen LogP contribution in [0.25, 0.3) is 0 Å². The standard InChI is InChI=1S/C18H16N4O4/c1-25-14-8-7-11(9-15(14)26-2)10-19-22-18(24)16-20-13-6-4-3-5-12(13)17(23)21-16/h3-10,12H,1-2H3,(H,22,24)/b19-10+. The second kappa shape index (κ2) is 7.56. The van der Waals surface area contributed by atoms with Gasteiger partial charge in [-0.05, 0) is 29.8 Å². The topological polar surface area (TPSA) is 102 Å². The van der Waals surface area contributed by atoms with Gasteiger partial charge in [-0.1, -0.05) is 18.2 Å². The van der Waals surface area contributed by atoms with E-state index in [9.17, 15) is 9.59 Å². The average Bonchev–Trinajstić information content (AvgIpc) is 2.67. The molecule has 0 fully saturated rings. The predicted octanol–water partition coefficient (Wildman–Crippen LogP) is 1.28. The Labute approximate surface area is 149 Å². The lowest BCUT2D eigenvalue weighted by atomic mass is 9.96. The molecule has 2 aliphatic rings. The molecular formula is C18H16N4O4. The molecule has 1 heterocycles. The lowest BCUT2D eigenvalue weighted by Crippen LogP contribution is -2.34. The summed E-state index contributed by atoms with van der Waals surface area (Å²) < 4.78 is 10.4. The van der Waals surface area contributed by atoms with Crippen LogP contribution in [0.1, 0.15) is 5.56 Å². The maximum Gasteiger partial charge on any atom is 0.309 e. The minimum absolute atomic E-state index is 0.217. The van der Waals surface area contributed by atoms with Gasteiger partial charge < -0.3 is 9.47 Å². The van der Waals surface area contributed by atoms with E-state index in [2.05, 4.69) is 20.5 Å². The van der Waals surface area contributed by atoms with Crippen LogP contribution in [0.3, 0.4) is 0 Å². The molecule has 0 saturated heterocycles. The van der Waals surface area contributed by atoms with Crippen molar-refractivity contribution in [2.45, 2.75) is 0 Å². The highest BCUT2D eigenvalue weighted by Gasteiger charge is 2.28. The number of nitrogens with one attached hydrogen (secondary N) is 1. The molecule has 8 nitrogen and oxygen atoms in total. The van der Waals surface area contributed by atoms with Gasteiger partial charge in [-0.3, -0.25) is 9.59 Å². The molecule has 0 aromatic heterocycles. The van der Waals surface area contributed by atoms with E-state index in [0.717, 1.165) is 0 Å². The van der Waals surface area contributed by atoms with Crippen molar-refractivity contribution in [3.8, 4) is 11.5 Å². The maximum absolute atomic E-state index is 12.1. The fourth-order valence-corrected chi connectivity index (χ4v) is 2.42. The van der Waals surface area contributed by atoms with E-state index in [4.69, 9.17) is 9.47 Å². The van der Waals surface area contributed by atoms with Gasteiger partial charge in [0.25, 0.3) is 5.91 Å². The van der Waals surface area contributed by atoms with Crippen LogP contribution in [0.15, 0.2) is 57.6 Å². The average molecular weight is 352 g/mol. The van der Waals surface area contributed by atoms with Crippen LogP contribution in [0.4, 0.5) is 0 Å². The second-order valence-corrected chi connectivity index (χ2v) is 5.35. The van der Waals surface area contributed by atoms with E-state index in [0.29, 0.717) is 22.8 Å². The van der Waals surface area contributed by atoms with E-state index >= 15 is 0 Å². The molecule has 8 heteroatoms. The van der Waals surface area contributed by atoms with Gasteiger partial charge in [-0.15, -0.1) is 0 Å². The van der Waals surface area contributed by atoms with Crippen LogP contribution in [0.5, 0.6) is 11.5 Å². The first-order chi connectivity index (χ1) is 12.6. The first-order valence-electron chi connectivity index (χ1n) is 7.74. The fraction of sp³-hybridized carbons (Fsp3) is 0.167. The molecule has 1 aliphatic heterocycles. The summed E-state index contributed by atoms with van der Waals surface area (Å²) >= 11 is 0. The summed E-state index contributed by atoms with van der Waals surface area (Å²) in [5, 5.41) is 3.86. The van der Waals surface area contributed by atoms with Gasteiger partial charge in [0.2, 0.25) is 5.84 Å². The second-order valence-electron chi connectivity index (χ2n) is 5.35. The van der Waals surface area contributed by atoms with E-state index in [1.165, 1.54) is 13.3 Å². The van der Waals surface area contributed by atoms with E-state index in [-0.39, 0.29) is 5.84 Å². The van der Waals surface area contributed by atoms with Crippen LogP contribution < -0.4 is 14.9 Å². The molecule has 1 N–H and O–H groups in total. The smallest absolute Gasteiger partial charge is 0.309 e. The predicted molar refractivity (Wildman–Crippen MR) is 96.9 cm³/mol. The van der Waals surface area contributed by atoms with Crippen molar-refractivity contribution in [3.05, 3.63) is 48.1 Å². The highest BCUT2D eigenvalue weighted by atomic mass is 16.5. The Morgan fingerprint density at radius 2 is 2.00 bits per heavy atom. The maximum atomic E-state index is 12.1. The molecular weight excluding hydrogens is 336 g/mol. The summed E-state index contributed by atoms with van der Waals surface area (Å²) in [6.07, 6.45) is 8.30. The zero-order valence-corrected chi connectivity index (χ0v) is 14.2. The molecule has 132 valence electrons. The quantitative estimate of drug-likeness (QED) is 0.637. The summed E-state index contributed by atoms with van der Waals surface area (Å²) in [5.74, 6) is -0.700. The van der Waals surface area contributed by atoms with Crippen molar-refractivity contribution in [2.24, 2.45) is 21.0 Å². The Balaban J connectivity index is 1.68. The SMILES string of the molecule is COc1ccc(/C=N/NC(=O)C2=NC(=O)C3C=CC=CC3=N2)cc1OC. The third kappa shape index (κ3) is 3.59. The minimum Gasteiger partial charge on any atom is -0.493 e. The normalized spacial score (nSPS) is 18.2. The monoisotopic (exact) mass is 352 g/mol. The number of aliphatic imine (C=N–C) groups is 2. The number of carbonyl (C=O) groups is 2. The van der Waals surface area contributed by atoms with Crippen LogP contribution in [-0.2, 0) is 9.59 Å². The third-order valence-corrected chi connectivity index (χ3v) is 3.71. The molecule has 1 aromatic rings. The van der Waals surface area contributed by atoms with Crippen molar-refractivity contribution in [3.63, 3.8) is 0 Å². The van der Waals surface area contributed by atoms with Crippen LogP contribution in [-0.4, -0.2) is 43.8 Å². The molecule has 1 atom stereocenters. The molecule has 0 radical (unpaired) electrons. The number of hydrogen-bond acceptors (Lipinski definition) is 6. The third-order valence-electron chi connectivity index (χ3n) is 3.71. The Bertz CT molecular complexity index is 896. The number of nitrogens with zero attached hydrogens (tertiary/aromatic N) is 3. The van der Waals surface area contributed by atoms with Crippen molar-refractivity contribution >= 4 is 29.6 Å². The number of hydrazone groups is 1. The van der Waals surface area contributed by atoms with Gasteiger partial charge in [0.15, 0.2) is 11.5 Å². The van der Waals surface area contributed by atoms with Crippen LogP contribution in [0.2, 0.25) is 0 Å². The van der Waals surface area contributed by atoms with Crippen molar-refractivity contribution < 1.29 is 19.1 Å². The first kappa shape index (κ1) is 17.3. The Hall–Kier alpha value is -3.55. The number of methoxy groups -OCH3 is 2. The number of carbonyl (C=O) groups excluding carboxylic acids is 2. The van der Waals surface area contributed by atoms with Crippen molar-refractivity contribution in [1.82, 2.24) is 5.43 Å². The molecule has 0 saturated carbocycles. The first-order valence-corrected chi connectivity index (χ1v) is 7.74.